The quantitative estimate of drug-likeness (QED) is 0.519. The molecule has 1 aliphatic heterocycles. The van der Waals surface area contributed by atoms with E-state index < -0.39 is 30.0 Å². The Labute approximate surface area is 129 Å². The lowest BCUT2D eigenvalue weighted by molar-refractivity contribution is -0.138. The van der Waals surface area contributed by atoms with Crippen molar-refractivity contribution in [2.75, 3.05) is 6.54 Å². The molecule has 0 aromatic rings. The van der Waals surface area contributed by atoms with E-state index in [1.54, 1.807) is 0 Å². The van der Waals surface area contributed by atoms with Crippen molar-refractivity contribution >= 4 is 17.7 Å². The van der Waals surface area contributed by atoms with Gasteiger partial charge in [0.05, 0.1) is 12.2 Å². The van der Waals surface area contributed by atoms with E-state index in [1.165, 1.54) is 11.8 Å². The van der Waals surface area contributed by atoms with E-state index in [4.69, 9.17) is 11.0 Å². The highest BCUT2D eigenvalue weighted by Crippen LogP contribution is 2.18. The van der Waals surface area contributed by atoms with Crippen molar-refractivity contribution in [3.8, 4) is 6.07 Å². The molecule has 0 spiro atoms. The predicted octanol–water partition coefficient (Wildman–Crippen LogP) is -0.978. The highest BCUT2D eigenvalue weighted by atomic mass is 16.3. The molecule has 0 aromatic heterocycles. The second-order valence-electron chi connectivity index (χ2n) is 5.44. The van der Waals surface area contributed by atoms with E-state index in [9.17, 15) is 19.5 Å². The van der Waals surface area contributed by atoms with Crippen LogP contribution in [0, 0.1) is 11.3 Å². The molecule has 1 rings (SSSR count). The number of rotatable bonds is 7. The molecule has 1 saturated heterocycles. The van der Waals surface area contributed by atoms with Crippen molar-refractivity contribution in [1.82, 2.24) is 10.2 Å². The van der Waals surface area contributed by atoms with Gasteiger partial charge in [0.25, 0.3) is 0 Å². The number of nitrogens with two attached hydrogens (primary N) is 1. The number of nitrogens with zero attached hydrogens (tertiary/aromatic N) is 2. The zero-order valence-electron chi connectivity index (χ0n) is 12.6. The van der Waals surface area contributed by atoms with Gasteiger partial charge in [-0.05, 0) is 19.3 Å². The molecule has 4 N–H and O–H groups in total. The summed E-state index contributed by atoms with van der Waals surface area (Å²) in [4.78, 5) is 36.4. The Morgan fingerprint density at radius 1 is 1.45 bits per heavy atom. The minimum absolute atomic E-state index is 0.108. The first kappa shape index (κ1) is 17.9. The van der Waals surface area contributed by atoms with Crippen molar-refractivity contribution < 1.29 is 19.5 Å². The first-order valence-electron chi connectivity index (χ1n) is 7.28. The molecular weight excluding hydrogens is 288 g/mol. The largest absolute Gasteiger partial charge is 0.391 e. The van der Waals surface area contributed by atoms with Crippen LogP contribution in [0.4, 0.5) is 0 Å². The SMILES string of the molecule is CC(=O)N1C[C@H](O)C[C@H]1C(=O)N[C@H](CCCCC#N)C(N)=O. The number of hydrogen-bond donors (Lipinski definition) is 3. The second kappa shape index (κ2) is 8.34. The number of carbonyl (C=O) groups is 3. The van der Waals surface area contributed by atoms with Crippen LogP contribution in [0.25, 0.3) is 0 Å². The first-order valence-corrected chi connectivity index (χ1v) is 7.28. The summed E-state index contributed by atoms with van der Waals surface area (Å²) in [6, 6.07) is 0.385. The number of β-amino-alcohol motifs (C(OH)–C–C–N with tert-alkyl or cyclic N) is 1. The van der Waals surface area contributed by atoms with Crippen molar-refractivity contribution in [3.63, 3.8) is 0 Å². The van der Waals surface area contributed by atoms with Crippen molar-refractivity contribution in [1.29, 1.82) is 5.26 Å². The van der Waals surface area contributed by atoms with Gasteiger partial charge in [-0.2, -0.15) is 5.26 Å². The van der Waals surface area contributed by atoms with Crippen LogP contribution in [-0.2, 0) is 14.4 Å². The van der Waals surface area contributed by atoms with Crippen LogP contribution < -0.4 is 11.1 Å². The minimum atomic E-state index is -0.835. The summed E-state index contributed by atoms with van der Waals surface area (Å²) < 4.78 is 0. The normalized spacial score (nSPS) is 22.0. The van der Waals surface area contributed by atoms with Gasteiger partial charge in [0, 0.05) is 26.3 Å². The molecule has 0 bridgehead atoms. The number of aliphatic hydroxyl groups is 1. The number of unbranched alkanes of at least 4 members (excludes halogenated alkanes) is 2. The molecular formula is C14H22N4O4. The minimum Gasteiger partial charge on any atom is -0.391 e. The number of primary amides is 1. The van der Waals surface area contributed by atoms with E-state index in [2.05, 4.69) is 5.32 Å². The molecule has 0 unspecified atom stereocenters. The molecule has 8 nitrogen and oxygen atoms in total. The van der Waals surface area contributed by atoms with E-state index in [0.717, 1.165) is 0 Å². The fourth-order valence-electron chi connectivity index (χ4n) is 2.52. The lowest BCUT2D eigenvalue weighted by Gasteiger charge is -2.24. The van der Waals surface area contributed by atoms with Gasteiger partial charge in [0.1, 0.15) is 12.1 Å². The Balaban J connectivity index is 2.60. The van der Waals surface area contributed by atoms with Gasteiger partial charge >= 0.3 is 0 Å². The van der Waals surface area contributed by atoms with Gasteiger partial charge in [-0.25, -0.2) is 0 Å². The van der Waals surface area contributed by atoms with E-state index in [-0.39, 0.29) is 18.9 Å². The Morgan fingerprint density at radius 3 is 2.68 bits per heavy atom. The fourth-order valence-corrected chi connectivity index (χ4v) is 2.52. The molecule has 0 radical (unpaired) electrons. The van der Waals surface area contributed by atoms with Gasteiger partial charge in [-0.3, -0.25) is 14.4 Å². The van der Waals surface area contributed by atoms with Crippen LogP contribution >= 0.6 is 0 Å². The first-order chi connectivity index (χ1) is 10.4. The predicted molar refractivity (Wildman–Crippen MR) is 77.0 cm³/mol. The molecule has 3 atom stereocenters. The molecule has 3 amide bonds. The Kier molecular flexibility index (Phi) is 6.79. The Bertz CT molecular complexity index is 474. The third-order valence-corrected chi connectivity index (χ3v) is 3.68. The van der Waals surface area contributed by atoms with Crippen LogP contribution in [0.15, 0.2) is 0 Å². The van der Waals surface area contributed by atoms with Crippen molar-refractivity contribution in [3.05, 3.63) is 0 Å². The van der Waals surface area contributed by atoms with Crippen molar-refractivity contribution in [2.24, 2.45) is 5.73 Å². The summed E-state index contributed by atoms with van der Waals surface area (Å²) in [5.74, 6) is -1.45. The highest BCUT2D eigenvalue weighted by molar-refractivity contribution is 5.91. The van der Waals surface area contributed by atoms with E-state index >= 15 is 0 Å². The van der Waals surface area contributed by atoms with E-state index in [0.29, 0.717) is 25.7 Å². The Morgan fingerprint density at radius 2 is 2.14 bits per heavy atom. The number of hydrogen-bond acceptors (Lipinski definition) is 5. The smallest absolute Gasteiger partial charge is 0.243 e. The topological polar surface area (TPSA) is 137 Å². The summed E-state index contributed by atoms with van der Waals surface area (Å²) in [5.41, 5.74) is 5.27. The monoisotopic (exact) mass is 310 g/mol. The number of likely N-dealkylation sites (tertiary alicyclic amines) is 1. The third-order valence-electron chi connectivity index (χ3n) is 3.68. The zero-order chi connectivity index (χ0) is 16.7. The molecule has 122 valence electrons. The zero-order valence-corrected chi connectivity index (χ0v) is 12.6. The lowest BCUT2D eigenvalue weighted by atomic mass is 10.1. The van der Waals surface area contributed by atoms with Gasteiger partial charge < -0.3 is 21.1 Å². The van der Waals surface area contributed by atoms with Crippen LogP contribution in [0.2, 0.25) is 0 Å². The molecule has 0 aliphatic carbocycles. The fraction of sp³-hybridized carbons (Fsp3) is 0.714. The summed E-state index contributed by atoms with van der Waals surface area (Å²) in [7, 11) is 0. The van der Waals surface area contributed by atoms with Crippen LogP contribution in [-0.4, -0.2) is 52.5 Å². The van der Waals surface area contributed by atoms with Crippen LogP contribution in [0.3, 0.4) is 0 Å². The third kappa shape index (κ3) is 5.00. The number of amides is 3. The number of nitriles is 1. The van der Waals surface area contributed by atoms with E-state index in [1.807, 2.05) is 6.07 Å². The summed E-state index contributed by atoms with van der Waals surface area (Å²) >= 11 is 0. The molecule has 22 heavy (non-hydrogen) atoms. The van der Waals surface area contributed by atoms with Gasteiger partial charge in [0.2, 0.25) is 17.7 Å². The average Bonchev–Trinajstić information content (AvgIpc) is 2.84. The van der Waals surface area contributed by atoms with Gasteiger partial charge in [0.15, 0.2) is 0 Å². The van der Waals surface area contributed by atoms with Crippen LogP contribution in [0.5, 0.6) is 0 Å². The molecule has 1 aliphatic rings. The summed E-state index contributed by atoms with van der Waals surface area (Å²) in [6.45, 7) is 1.43. The maximum atomic E-state index is 12.2. The Hall–Kier alpha value is -2.14. The molecule has 1 fully saturated rings. The number of aliphatic hydroxyl groups excluding tert-OH is 1. The standard InChI is InChI=1S/C14H22N4O4/c1-9(19)18-8-10(20)7-12(18)14(22)17-11(13(16)21)5-3-2-4-6-15/h10-12,20H,2-5,7-8H2,1H3,(H2,16,21)(H,17,22)/t10-,11-,12+/m1/s1. The van der Waals surface area contributed by atoms with Gasteiger partial charge in [-0.1, -0.05) is 0 Å². The number of nitrogens with one attached hydrogen (secondary N) is 1. The molecule has 1 heterocycles. The maximum absolute atomic E-state index is 12.2. The average molecular weight is 310 g/mol. The summed E-state index contributed by atoms with van der Waals surface area (Å²) in [5, 5.41) is 20.6. The molecule has 0 saturated carbocycles. The molecule has 8 heteroatoms. The van der Waals surface area contributed by atoms with Gasteiger partial charge in [-0.15, -0.1) is 0 Å². The number of carbonyl (C=O) groups excluding carboxylic acids is 3. The van der Waals surface area contributed by atoms with Crippen molar-refractivity contribution in [2.45, 2.75) is 57.2 Å². The summed E-state index contributed by atoms with van der Waals surface area (Å²) in [6.07, 6.45) is 1.33. The molecule has 0 aromatic carbocycles. The second-order valence-corrected chi connectivity index (χ2v) is 5.44. The van der Waals surface area contributed by atoms with Crippen LogP contribution in [0.1, 0.15) is 39.0 Å². The lowest BCUT2D eigenvalue weighted by Crippen LogP contribution is -2.51. The maximum Gasteiger partial charge on any atom is 0.243 e. The highest BCUT2D eigenvalue weighted by Gasteiger charge is 2.38.